The fourth-order valence-corrected chi connectivity index (χ4v) is 4.79. The summed E-state index contributed by atoms with van der Waals surface area (Å²) in [5.41, 5.74) is 1.08. The Labute approximate surface area is 176 Å². The molecule has 3 N–H and O–H groups in total. The van der Waals surface area contributed by atoms with Crippen LogP contribution < -0.4 is 10.0 Å². The second kappa shape index (κ2) is 10.1. The average Bonchev–Trinajstić information content (AvgIpc) is 2.75. The standard InChI is InChI=1S/C20H26N4O5S/c1-14-3-2-4-16(11-14)30(27,28)24-17-6-5-15(29-19(17)13-25)7-8-23-20(26)18-12-21-9-10-22-18/h2-4,9-12,15,17,19,24-25H,5-8,13H2,1H3,(H,23,26)/t15-,17-,19-/m0/s1. The van der Waals surface area contributed by atoms with Crippen LogP contribution in [0.3, 0.4) is 0 Å². The number of carbonyl (C=O) groups is 1. The van der Waals surface area contributed by atoms with Crippen molar-refractivity contribution in [1.29, 1.82) is 0 Å². The molecule has 10 heteroatoms. The largest absolute Gasteiger partial charge is 0.394 e. The third-order valence-corrected chi connectivity index (χ3v) is 6.44. The normalized spacial score (nSPS) is 21.9. The molecule has 0 unspecified atom stereocenters. The van der Waals surface area contributed by atoms with Crippen molar-refractivity contribution in [3.63, 3.8) is 0 Å². The fourth-order valence-electron chi connectivity index (χ4n) is 3.38. The summed E-state index contributed by atoms with van der Waals surface area (Å²) in [6.07, 6.45) is 5.16. The highest BCUT2D eigenvalue weighted by Gasteiger charge is 2.33. The zero-order chi connectivity index (χ0) is 21.6. The Hall–Kier alpha value is -2.40. The number of benzene rings is 1. The number of carbonyl (C=O) groups excluding carboxylic acids is 1. The van der Waals surface area contributed by atoms with Gasteiger partial charge in [-0.3, -0.25) is 9.78 Å². The average molecular weight is 435 g/mol. The van der Waals surface area contributed by atoms with Crippen LogP contribution in [0.4, 0.5) is 0 Å². The number of sulfonamides is 1. The number of amides is 1. The fraction of sp³-hybridized carbons (Fsp3) is 0.450. The van der Waals surface area contributed by atoms with Gasteiger partial charge in [0.2, 0.25) is 10.0 Å². The smallest absolute Gasteiger partial charge is 0.271 e. The Balaban J connectivity index is 1.51. The summed E-state index contributed by atoms with van der Waals surface area (Å²) in [6.45, 7) is 1.90. The lowest BCUT2D eigenvalue weighted by molar-refractivity contribution is -0.0871. The van der Waals surface area contributed by atoms with E-state index in [-0.39, 0.29) is 29.2 Å². The summed E-state index contributed by atoms with van der Waals surface area (Å²) in [5, 5.41) is 12.5. The van der Waals surface area contributed by atoms with Crippen molar-refractivity contribution in [2.75, 3.05) is 13.2 Å². The summed E-state index contributed by atoms with van der Waals surface area (Å²) in [6, 6.07) is 6.13. The van der Waals surface area contributed by atoms with Gasteiger partial charge in [0.25, 0.3) is 5.91 Å². The van der Waals surface area contributed by atoms with Crippen LogP contribution in [0.15, 0.2) is 47.8 Å². The van der Waals surface area contributed by atoms with Gasteiger partial charge in [-0.2, -0.15) is 0 Å². The molecule has 3 atom stereocenters. The van der Waals surface area contributed by atoms with E-state index in [9.17, 15) is 18.3 Å². The number of hydrogen-bond donors (Lipinski definition) is 3. The minimum absolute atomic E-state index is 0.188. The molecule has 1 aliphatic heterocycles. The third kappa shape index (κ3) is 5.82. The lowest BCUT2D eigenvalue weighted by Crippen LogP contribution is -2.51. The summed E-state index contributed by atoms with van der Waals surface area (Å²) < 4.78 is 33.9. The number of aliphatic hydroxyl groups is 1. The molecule has 0 saturated carbocycles. The van der Waals surface area contributed by atoms with E-state index in [1.54, 1.807) is 12.1 Å². The molecule has 30 heavy (non-hydrogen) atoms. The molecule has 2 heterocycles. The molecule has 162 valence electrons. The van der Waals surface area contributed by atoms with Gasteiger partial charge in [-0.05, 0) is 43.9 Å². The molecule has 0 bridgehead atoms. The highest BCUT2D eigenvalue weighted by atomic mass is 32.2. The summed E-state index contributed by atoms with van der Waals surface area (Å²) in [4.78, 5) is 20.0. The minimum Gasteiger partial charge on any atom is -0.394 e. The van der Waals surface area contributed by atoms with E-state index in [1.165, 1.54) is 24.7 Å². The van der Waals surface area contributed by atoms with Crippen LogP contribution in [0.2, 0.25) is 0 Å². The maximum atomic E-state index is 12.7. The highest BCUT2D eigenvalue weighted by Crippen LogP contribution is 2.23. The van der Waals surface area contributed by atoms with E-state index >= 15 is 0 Å². The predicted molar refractivity (Wildman–Crippen MR) is 109 cm³/mol. The van der Waals surface area contributed by atoms with Crippen molar-refractivity contribution in [3.05, 3.63) is 54.1 Å². The monoisotopic (exact) mass is 434 g/mol. The Morgan fingerprint density at radius 1 is 1.30 bits per heavy atom. The van der Waals surface area contributed by atoms with E-state index in [1.807, 2.05) is 13.0 Å². The van der Waals surface area contributed by atoms with Crippen LogP contribution in [0.5, 0.6) is 0 Å². The molecule has 3 rings (SSSR count). The quantitative estimate of drug-likeness (QED) is 0.560. The van der Waals surface area contributed by atoms with Gasteiger partial charge < -0.3 is 15.2 Å². The molecule has 0 spiro atoms. The molecule has 1 saturated heterocycles. The van der Waals surface area contributed by atoms with E-state index in [4.69, 9.17) is 4.74 Å². The van der Waals surface area contributed by atoms with Gasteiger partial charge in [0.05, 0.1) is 35.9 Å². The molecule has 9 nitrogen and oxygen atoms in total. The van der Waals surface area contributed by atoms with Gasteiger partial charge in [0.1, 0.15) is 5.69 Å². The maximum absolute atomic E-state index is 12.7. The van der Waals surface area contributed by atoms with E-state index < -0.39 is 22.2 Å². The molecular formula is C20H26N4O5S. The Morgan fingerprint density at radius 2 is 2.13 bits per heavy atom. The lowest BCUT2D eigenvalue weighted by Gasteiger charge is -2.36. The van der Waals surface area contributed by atoms with Crippen molar-refractivity contribution < 1.29 is 23.1 Å². The van der Waals surface area contributed by atoms with Gasteiger partial charge in [-0.15, -0.1) is 0 Å². The minimum atomic E-state index is -3.71. The van der Waals surface area contributed by atoms with Crippen molar-refractivity contribution in [2.24, 2.45) is 0 Å². The number of aliphatic hydroxyl groups excluding tert-OH is 1. The number of rotatable bonds is 8. The molecule has 0 radical (unpaired) electrons. The Morgan fingerprint density at radius 3 is 2.83 bits per heavy atom. The number of hydrogen-bond acceptors (Lipinski definition) is 7. The van der Waals surface area contributed by atoms with Crippen LogP contribution >= 0.6 is 0 Å². The molecule has 2 aromatic rings. The van der Waals surface area contributed by atoms with Crippen molar-refractivity contribution >= 4 is 15.9 Å². The van der Waals surface area contributed by atoms with E-state index in [0.717, 1.165) is 5.56 Å². The molecule has 1 amide bonds. The zero-order valence-electron chi connectivity index (χ0n) is 16.7. The lowest BCUT2D eigenvalue weighted by atomic mass is 9.98. The predicted octanol–water partition coefficient (Wildman–Crippen LogP) is 0.792. The number of aryl methyl sites for hydroxylation is 1. The van der Waals surface area contributed by atoms with E-state index in [2.05, 4.69) is 20.0 Å². The van der Waals surface area contributed by atoms with Crippen LogP contribution in [-0.2, 0) is 14.8 Å². The maximum Gasteiger partial charge on any atom is 0.271 e. The number of nitrogens with zero attached hydrogens (tertiary/aromatic N) is 2. The first-order valence-electron chi connectivity index (χ1n) is 9.78. The summed E-state index contributed by atoms with van der Waals surface area (Å²) in [5.74, 6) is -0.318. The molecule has 1 aromatic heterocycles. The first kappa shape index (κ1) is 22.3. The van der Waals surface area contributed by atoms with Crippen LogP contribution in [-0.4, -0.2) is 60.8 Å². The topological polar surface area (TPSA) is 131 Å². The molecule has 1 fully saturated rings. The van der Waals surface area contributed by atoms with Crippen LogP contribution in [0.1, 0.15) is 35.3 Å². The van der Waals surface area contributed by atoms with Crippen LogP contribution in [0, 0.1) is 6.92 Å². The van der Waals surface area contributed by atoms with Crippen molar-refractivity contribution in [2.45, 2.75) is 49.3 Å². The molecular weight excluding hydrogens is 408 g/mol. The first-order valence-corrected chi connectivity index (χ1v) is 11.3. The first-order chi connectivity index (χ1) is 14.4. The second-order valence-corrected chi connectivity index (χ2v) is 8.95. The number of aromatic nitrogens is 2. The number of ether oxygens (including phenoxy) is 1. The molecule has 0 aliphatic carbocycles. The number of nitrogens with one attached hydrogen (secondary N) is 2. The molecule has 1 aromatic carbocycles. The molecule has 1 aliphatic rings. The highest BCUT2D eigenvalue weighted by molar-refractivity contribution is 7.89. The van der Waals surface area contributed by atoms with Crippen molar-refractivity contribution in [3.8, 4) is 0 Å². The third-order valence-electron chi connectivity index (χ3n) is 4.95. The van der Waals surface area contributed by atoms with E-state index in [0.29, 0.717) is 25.8 Å². The van der Waals surface area contributed by atoms with Crippen LogP contribution in [0.25, 0.3) is 0 Å². The van der Waals surface area contributed by atoms with Gasteiger partial charge in [-0.1, -0.05) is 12.1 Å². The zero-order valence-corrected chi connectivity index (χ0v) is 17.5. The van der Waals surface area contributed by atoms with Gasteiger partial charge in [0, 0.05) is 18.9 Å². The van der Waals surface area contributed by atoms with Crippen molar-refractivity contribution in [1.82, 2.24) is 20.0 Å². The summed E-state index contributed by atoms with van der Waals surface area (Å²) in [7, 11) is -3.71. The Bertz CT molecular complexity index is 955. The van der Waals surface area contributed by atoms with Gasteiger partial charge in [0.15, 0.2) is 0 Å². The van der Waals surface area contributed by atoms with Gasteiger partial charge in [-0.25, -0.2) is 18.1 Å². The summed E-state index contributed by atoms with van der Waals surface area (Å²) >= 11 is 0. The Kier molecular flexibility index (Phi) is 7.48. The SMILES string of the molecule is Cc1cccc(S(=O)(=O)N[C@H]2CC[C@@H](CCNC(=O)c3cnccn3)O[C@H]2CO)c1. The second-order valence-electron chi connectivity index (χ2n) is 7.24. The van der Waals surface area contributed by atoms with Gasteiger partial charge >= 0.3 is 0 Å².